The van der Waals surface area contributed by atoms with Crippen molar-refractivity contribution in [1.82, 2.24) is 0 Å². The van der Waals surface area contributed by atoms with Crippen molar-refractivity contribution in [2.75, 3.05) is 13.2 Å². The maximum atomic E-state index is 11.5. The molecular weight excluding hydrogens is 264 g/mol. The summed E-state index contributed by atoms with van der Waals surface area (Å²) in [5.41, 5.74) is 0.212. The minimum absolute atomic E-state index is 0.212. The molecule has 0 aromatic heterocycles. The predicted molar refractivity (Wildman–Crippen MR) is 71.5 cm³/mol. The van der Waals surface area contributed by atoms with E-state index in [4.69, 9.17) is 24.0 Å². The van der Waals surface area contributed by atoms with Crippen LogP contribution < -0.4 is 0 Å². The molecule has 0 N–H and O–H groups in total. The molecule has 0 bridgehead atoms. The summed E-state index contributed by atoms with van der Waals surface area (Å²) in [6.07, 6.45) is 1.17. The van der Waals surface area contributed by atoms with Crippen LogP contribution in [0.3, 0.4) is 0 Å². The third-order valence-electron chi connectivity index (χ3n) is 2.87. The van der Waals surface area contributed by atoms with Gasteiger partial charge in [0.05, 0.1) is 12.2 Å². The third-order valence-corrected chi connectivity index (χ3v) is 2.87. The average molecular weight is 288 g/mol. The molecule has 1 rings (SSSR count). The predicted octanol–water partition coefficient (Wildman–Crippen LogP) is 2.33. The summed E-state index contributed by atoms with van der Waals surface area (Å²) in [4.78, 5) is 21.8. The lowest BCUT2D eigenvalue weighted by atomic mass is 10.2. The Bertz CT molecular complexity index is 315. The van der Waals surface area contributed by atoms with Gasteiger partial charge in [0.25, 0.3) is 0 Å². The van der Waals surface area contributed by atoms with E-state index in [9.17, 15) is 4.79 Å². The summed E-state index contributed by atoms with van der Waals surface area (Å²) in [6.45, 7) is 9.84. The van der Waals surface area contributed by atoms with Crippen LogP contribution >= 0.6 is 0 Å². The molecule has 3 atom stereocenters. The number of hydrogen-bond donors (Lipinski definition) is 0. The van der Waals surface area contributed by atoms with E-state index in [0.29, 0.717) is 13.2 Å². The Morgan fingerprint density at radius 3 is 2.65 bits per heavy atom. The van der Waals surface area contributed by atoms with E-state index in [-0.39, 0.29) is 11.9 Å². The van der Waals surface area contributed by atoms with Gasteiger partial charge in [-0.1, -0.05) is 6.58 Å². The molecule has 1 heterocycles. The van der Waals surface area contributed by atoms with Gasteiger partial charge in [0.2, 0.25) is 0 Å². The molecule has 1 aliphatic rings. The van der Waals surface area contributed by atoms with E-state index in [1.807, 2.05) is 6.92 Å². The van der Waals surface area contributed by atoms with E-state index < -0.39 is 18.4 Å². The van der Waals surface area contributed by atoms with Crippen molar-refractivity contribution in [2.45, 2.75) is 58.7 Å². The van der Waals surface area contributed by atoms with Crippen molar-refractivity contribution in [2.24, 2.45) is 0 Å². The normalized spacial score (nSPS) is 24.1. The lowest BCUT2D eigenvalue weighted by Gasteiger charge is -2.29. The summed E-state index contributed by atoms with van der Waals surface area (Å²) in [7, 11) is 0. The van der Waals surface area contributed by atoms with E-state index in [1.165, 1.54) is 0 Å². The van der Waals surface area contributed by atoms with Crippen LogP contribution in [0.5, 0.6) is 0 Å². The van der Waals surface area contributed by atoms with Crippen LogP contribution in [0.1, 0.15) is 40.0 Å². The maximum Gasteiger partial charge on any atom is 0.336 e. The van der Waals surface area contributed by atoms with Gasteiger partial charge in [-0.25, -0.2) is 14.6 Å². The van der Waals surface area contributed by atoms with E-state index in [2.05, 4.69) is 6.58 Å². The minimum Gasteiger partial charge on any atom is -0.463 e. The van der Waals surface area contributed by atoms with E-state index in [0.717, 1.165) is 19.3 Å². The molecule has 0 saturated carbocycles. The zero-order chi connectivity index (χ0) is 15.0. The van der Waals surface area contributed by atoms with Crippen LogP contribution in [0, 0.1) is 0 Å². The van der Waals surface area contributed by atoms with Crippen LogP contribution in [-0.2, 0) is 28.8 Å². The molecule has 3 unspecified atom stereocenters. The molecule has 1 aliphatic heterocycles. The molecule has 6 heteroatoms. The molecule has 1 saturated heterocycles. The SMILES string of the molecule is C=C(C(=O)OCC)C(C)OOC1CCCC(OCC)O1. The number of ether oxygens (including phenoxy) is 3. The zero-order valence-electron chi connectivity index (χ0n) is 12.4. The fourth-order valence-electron chi connectivity index (χ4n) is 1.73. The van der Waals surface area contributed by atoms with Gasteiger partial charge in [0, 0.05) is 13.0 Å². The van der Waals surface area contributed by atoms with Gasteiger partial charge in [-0.05, 0) is 33.6 Å². The second-order valence-corrected chi connectivity index (χ2v) is 4.46. The highest BCUT2D eigenvalue weighted by Crippen LogP contribution is 2.21. The largest absolute Gasteiger partial charge is 0.463 e. The first-order chi connectivity index (χ1) is 9.58. The fourth-order valence-corrected chi connectivity index (χ4v) is 1.73. The molecule has 1 fully saturated rings. The molecule has 20 heavy (non-hydrogen) atoms. The second-order valence-electron chi connectivity index (χ2n) is 4.46. The molecule has 0 aromatic carbocycles. The quantitative estimate of drug-likeness (QED) is 0.296. The zero-order valence-corrected chi connectivity index (χ0v) is 12.4. The number of carbonyl (C=O) groups excluding carboxylic acids is 1. The fraction of sp³-hybridized carbons (Fsp3) is 0.786. The highest BCUT2D eigenvalue weighted by Gasteiger charge is 2.25. The van der Waals surface area contributed by atoms with Gasteiger partial charge in [-0.15, -0.1) is 0 Å². The summed E-state index contributed by atoms with van der Waals surface area (Å²) < 4.78 is 15.8. The van der Waals surface area contributed by atoms with Crippen molar-refractivity contribution in [3.05, 3.63) is 12.2 Å². The van der Waals surface area contributed by atoms with Crippen molar-refractivity contribution in [1.29, 1.82) is 0 Å². The number of carbonyl (C=O) groups is 1. The van der Waals surface area contributed by atoms with E-state index >= 15 is 0 Å². The Labute approximate surface area is 119 Å². The maximum absolute atomic E-state index is 11.5. The second kappa shape index (κ2) is 9.07. The summed E-state index contributed by atoms with van der Waals surface area (Å²) in [5, 5.41) is 0. The molecule has 0 radical (unpaired) electrons. The van der Waals surface area contributed by atoms with Gasteiger partial charge in [0.1, 0.15) is 6.10 Å². The summed E-state index contributed by atoms with van der Waals surface area (Å²) in [6, 6.07) is 0. The summed E-state index contributed by atoms with van der Waals surface area (Å²) >= 11 is 0. The Morgan fingerprint density at radius 2 is 2.00 bits per heavy atom. The molecule has 0 amide bonds. The molecule has 6 nitrogen and oxygen atoms in total. The standard InChI is InChI=1S/C14H24O6/c1-5-16-12-8-7-9-13(18-12)20-19-11(4)10(3)14(15)17-6-2/h11-13H,3,5-9H2,1-2,4H3. The van der Waals surface area contributed by atoms with Crippen LogP contribution in [-0.4, -0.2) is 37.9 Å². The smallest absolute Gasteiger partial charge is 0.336 e. The van der Waals surface area contributed by atoms with Gasteiger partial charge >= 0.3 is 5.97 Å². The van der Waals surface area contributed by atoms with Gasteiger partial charge in [-0.2, -0.15) is 0 Å². The Balaban J connectivity index is 2.31. The first-order valence-electron chi connectivity index (χ1n) is 7.03. The monoisotopic (exact) mass is 288 g/mol. The van der Waals surface area contributed by atoms with Crippen LogP contribution in [0.15, 0.2) is 12.2 Å². The lowest BCUT2D eigenvalue weighted by molar-refractivity contribution is -0.417. The van der Waals surface area contributed by atoms with Gasteiger partial charge < -0.3 is 14.2 Å². The molecule has 0 aliphatic carbocycles. The van der Waals surface area contributed by atoms with Crippen molar-refractivity contribution in [3.63, 3.8) is 0 Å². The van der Waals surface area contributed by atoms with Crippen LogP contribution in [0.25, 0.3) is 0 Å². The van der Waals surface area contributed by atoms with Gasteiger partial charge in [0.15, 0.2) is 12.6 Å². The Hall–Kier alpha value is -0.950. The van der Waals surface area contributed by atoms with Crippen LogP contribution in [0.2, 0.25) is 0 Å². The number of hydrogen-bond acceptors (Lipinski definition) is 6. The molecular formula is C14H24O6. The highest BCUT2D eigenvalue weighted by atomic mass is 17.2. The van der Waals surface area contributed by atoms with Crippen LogP contribution in [0.4, 0.5) is 0 Å². The van der Waals surface area contributed by atoms with E-state index in [1.54, 1.807) is 13.8 Å². The Kier molecular flexibility index (Phi) is 7.76. The topological polar surface area (TPSA) is 63.2 Å². The minimum atomic E-state index is -0.592. The highest BCUT2D eigenvalue weighted by molar-refractivity contribution is 5.88. The van der Waals surface area contributed by atoms with Crippen molar-refractivity contribution in [3.8, 4) is 0 Å². The van der Waals surface area contributed by atoms with Crippen molar-refractivity contribution < 1.29 is 28.8 Å². The first kappa shape index (κ1) is 17.1. The first-order valence-corrected chi connectivity index (χ1v) is 7.03. The average Bonchev–Trinajstić information content (AvgIpc) is 2.45. The Morgan fingerprint density at radius 1 is 1.30 bits per heavy atom. The van der Waals surface area contributed by atoms with Crippen molar-refractivity contribution >= 4 is 5.97 Å². The third kappa shape index (κ3) is 5.58. The molecule has 0 spiro atoms. The number of rotatable bonds is 8. The molecule has 0 aromatic rings. The molecule has 116 valence electrons. The summed E-state index contributed by atoms with van der Waals surface area (Å²) in [5.74, 6) is -0.486. The van der Waals surface area contributed by atoms with Gasteiger partial charge in [-0.3, -0.25) is 0 Å². The number of esters is 1. The lowest BCUT2D eigenvalue weighted by Crippen LogP contribution is -2.33.